The average Bonchev–Trinajstić information content (AvgIpc) is 2.70. The van der Waals surface area contributed by atoms with Gasteiger partial charge in [-0.3, -0.25) is 0 Å². The number of halogens is 2. The van der Waals surface area contributed by atoms with Gasteiger partial charge in [0.25, 0.3) is 0 Å². The number of hydrogen-bond donors (Lipinski definition) is 0. The van der Waals surface area contributed by atoms with Gasteiger partial charge in [-0.1, -0.05) is 0 Å². The van der Waals surface area contributed by atoms with Crippen molar-refractivity contribution in [2.45, 2.75) is 30.2 Å². The largest absolute Gasteiger partial charge is 0.452 e. The van der Waals surface area contributed by atoms with E-state index in [0.717, 1.165) is 0 Å². The Labute approximate surface area is 126 Å². The third kappa shape index (κ3) is 3.16. The van der Waals surface area contributed by atoms with E-state index in [4.69, 9.17) is 20.8 Å². The summed E-state index contributed by atoms with van der Waals surface area (Å²) in [5.74, 6) is 0.544. The third-order valence-electron chi connectivity index (χ3n) is 2.85. The molecule has 5 nitrogen and oxygen atoms in total. The molecule has 1 aliphatic heterocycles. The highest BCUT2D eigenvalue weighted by Gasteiger charge is 2.36. The van der Waals surface area contributed by atoms with Crippen LogP contribution < -0.4 is 0 Å². The van der Waals surface area contributed by atoms with E-state index in [1.54, 1.807) is 0 Å². The van der Waals surface area contributed by atoms with Gasteiger partial charge in [-0.15, -0.1) is 11.6 Å². The second-order valence-electron chi connectivity index (χ2n) is 4.93. The molecule has 0 saturated carbocycles. The summed E-state index contributed by atoms with van der Waals surface area (Å²) < 4.78 is 37.5. The molecule has 19 heavy (non-hydrogen) atoms. The number of morpholine rings is 1. The minimum Gasteiger partial charge on any atom is -0.452 e. The molecular formula is C11H15BrClNO4S. The lowest BCUT2D eigenvalue weighted by Gasteiger charge is -2.37. The van der Waals surface area contributed by atoms with Gasteiger partial charge in [-0.25, -0.2) is 8.42 Å². The molecule has 1 saturated heterocycles. The topological polar surface area (TPSA) is 59.8 Å². The van der Waals surface area contributed by atoms with Gasteiger partial charge in [-0.05, 0) is 29.8 Å². The molecule has 8 heteroatoms. The van der Waals surface area contributed by atoms with Gasteiger partial charge >= 0.3 is 0 Å². The minimum atomic E-state index is -3.60. The SMILES string of the molecule is CC1(C)CN(S(=O)(=O)c2cc(CCl)oc2Br)CCO1. The van der Waals surface area contributed by atoms with Crippen molar-refractivity contribution >= 4 is 37.6 Å². The molecular weight excluding hydrogens is 358 g/mol. The summed E-state index contributed by atoms with van der Waals surface area (Å²) in [5, 5.41) is 0. The monoisotopic (exact) mass is 371 g/mol. The Morgan fingerprint density at radius 2 is 2.21 bits per heavy atom. The van der Waals surface area contributed by atoms with E-state index in [1.165, 1.54) is 10.4 Å². The summed E-state index contributed by atoms with van der Waals surface area (Å²) in [5.41, 5.74) is -0.489. The molecule has 0 bridgehead atoms. The van der Waals surface area contributed by atoms with E-state index >= 15 is 0 Å². The van der Waals surface area contributed by atoms with Gasteiger partial charge in [-0.2, -0.15) is 4.31 Å². The van der Waals surface area contributed by atoms with Gasteiger partial charge in [0.2, 0.25) is 10.0 Å². The third-order valence-corrected chi connectivity index (χ3v) is 5.81. The van der Waals surface area contributed by atoms with Crippen molar-refractivity contribution in [2.24, 2.45) is 0 Å². The van der Waals surface area contributed by atoms with E-state index in [0.29, 0.717) is 25.5 Å². The van der Waals surface area contributed by atoms with E-state index in [2.05, 4.69) is 15.9 Å². The summed E-state index contributed by atoms with van der Waals surface area (Å²) >= 11 is 8.78. The maximum Gasteiger partial charge on any atom is 0.247 e. The fraction of sp³-hybridized carbons (Fsp3) is 0.636. The predicted octanol–water partition coefficient (Wildman–Crippen LogP) is 2.58. The van der Waals surface area contributed by atoms with Crippen LogP contribution in [0, 0.1) is 0 Å². The van der Waals surface area contributed by atoms with E-state index in [-0.39, 0.29) is 15.4 Å². The van der Waals surface area contributed by atoms with Gasteiger partial charge in [0.05, 0.1) is 18.1 Å². The van der Waals surface area contributed by atoms with Crippen LogP contribution in [0.4, 0.5) is 0 Å². The normalized spacial score (nSPS) is 20.6. The first-order valence-electron chi connectivity index (χ1n) is 5.74. The van der Waals surface area contributed by atoms with Crippen molar-refractivity contribution in [2.75, 3.05) is 19.7 Å². The predicted molar refractivity (Wildman–Crippen MR) is 74.8 cm³/mol. The minimum absolute atomic E-state index is 0.112. The molecule has 2 heterocycles. The van der Waals surface area contributed by atoms with Crippen molar-refractivity contribution in [1.82, 2.24) is 4.31 Å². The highest BCUT2D eigenvalue weighted by molar-refractivity contribution is 9.10. The van der Waals surface area contributed by atoms with Crippen LogP contribution >= 0.6 is 27.5 Å². The second-order valence-corrected chi connectivity index (χ2v) is 7.82. The molecule has 0 unspecified atom stereocenters. The summed E-state index contributed by atoms with van der Waals surface area (Å²) in [6, 6.07) is 1.45. The number of rotatable bonds is 3. The number of sulfonamides is 1. The first-order chi connectivity index (χ1) is 8.76. The summed E-state index contributed by atoms with van der Waals surface area (Å²) in [6.07, 6.45) is 0. The Morgan fingerprint density at radius 1 is 1.53 bits per heavy atom. The Balaban J connectivity index is 2.34. The molecule has 1 fully saturated rings. The van der Waals surface area contributed by atoms with Crippen molar-refractivity contribution in [3.63, 3.8) is 0 Å². The quantitative estimate of drug-likeness (QED) is 0.765. The van der Waals surface area contributed by atoms with Crippen molar-refractivity contribution in [3.05, 3.63) is 16.5 Å². The molecule has 0 radical (unpaired) electrons. The lowest BCUT2D eigenvalue weighted by atomic mass is 10.1. The fourth-order valence-electron chi connectivity index (χ4n) is 1.96. The first kappa shape index (κ1) is 15.3. The maximum atomic E-state index is 12.6. The Kier molecular flexibility index (Phi) is 4.32. The van der Waals surface area contributed by atoms with Gasteiger partial charge in [0.1, 0.15) is 10.7 Å². The lowest BCUT2D eigenvalue weighted by Crippen LogP contribution is -2.50. The molecule has 0 aliphatic carbocycles. The maximum absolute atomic E-state index is 12.6. The number of furan rings is 1. The highest BCUT2D eigenvalue weighted by Crippen LogP contribution is 2.31. The van der Waals surface area contributed by atoms with Crippen LogP contribution in [-0.2, 0) is 20.6 Å². The standard InChI is InChI=1S/C11H15BrClNO4S/c1-11(2)7-14(3-4-17-11)19(15,16)9-5-8(6-13)18-10(9)12/h5H,3-4,6-7H2,1-2H3. The molecule has 0 spiro atoms. The van der Waals surface area contributed by atoms with Crippen molar-refractivity contribution in [3.8, 4) is 0 Å². The zero-order valence-corrected chi connectivity index (χ0v) is 13.8. The molecule has 0 aromatic carbocycles. The molecule has 0 atom stereocenters. The van der Waals surface area contributed by atoms with Gasteiger partial charge < -0.3 is 9.15 Å². The first-order valence-corrected chi connectivity index (χ1v) is 8.51. The van der Waals surface area contributed by atoms with Crippen molar-refractivity contribution in [1.29, 1.82) is 0 Å². The number of nitrogens with zero attached hydrogens (tertiary/aromatic N) is 1. The zero-order valence-electron chi connectivity index (χ0n) is 10.7. The van der Waals surface area contributed by atoms with E-state index < -0.39 is 15.6 Å². The summed E-state index contributed by atoms with van der Waals surface area (Å²) in [4.78, 5) is 0.112. The van der Waals surface area contributed by atoms with Crippen LogP contribution in [0.5, 0.6) is 0 Å². The van der Waals surface area contributed by atoms with E-state index in [9.17, 15) is 8.42 Å². The second kappa shape index (κ2) is 5.37. The molecule has 108 valence electrons. The van der Waals surface area contributed by atoms with Crippen LogP contribution in [-0.4, -0.2) is 38.0 Å². The molecule has 1 aliphatic rings. The van der Waals surface area contributed by atoms with Crippen LogP contribution in [0.3, 0.4) is 0 Å². The van der Waals surface area contributed by atoms with Crippen LogP contribution in [0.15, 0.2) is 20.0 Å². The van der Waals surface area contributed by atoms with Gasteiger partial charge in [0, 0.05) is 19.2 Å². The fourth-order valence-corrected chi connectivity index (χ4v) is 4.62. The molecule has 2 rings (SSSR count). The Hall–Kier alpha value is -0.0800. The molecule has 0 N–H and O–H groups in total. The molecule has 1 aromatic heterocycles. The molecule has 0 amide bonds. The smallest absolute Gasteiger partial charge is 0.247 e. The van der Waals surface area contributed by atoms with Crippen LogP contribution in [0.25, 0.3) is 0 Å². The Morgan fingerprint density at radius 3 is 2.74 bits per heavy atom. The van der Waals surface area contributed by atoms with E-state index in [1.807, 2.05) is 13.8 Å². The molecule has 1 aromatic rings. The zero-order chi connectivity index (χ0) is 14.3. The summed E-state index contributed by atoms with van der Waals surface area (Å²) in [7, 11) is -3.60. The average molecular weight is 373 g/mol. The van der Waals surface area contributed by atoms with Crippen LogP contribution in [0.1, 0.15) is 19.6 Å². The number of hydrogen-bond acceptors (Lipinski definition) is 4. The van der Waals surface area contributed by atoms with Gasteiger partial charge in [0.15, 0.2) is 4.67 Å². The number of alkyl halides is 1. The Bertz CT molecular complexity index is 569. The summed E-state index contributed by atoms with van der Waals surface area (Å²) in [6.45, 7) is 4.75. The van der Waals surface area contributed by atoms with Crippen molar-refractivity contribution < 1.29 is 17.6 Å². The highest BCUT2D eigenvalue weighted by atomic mass is 79.9. The number of ether oxygens (including phenoxy) is 1. The van der Waals surface area contributed by atoms with Crippen LogP contribution in [0.2, 0.25) is 0 Å². The lowest BCUT2D eigenvalue weighted by molar-refractivity contribution is -0.0640.